The van der Waals surface area contributed by atoms with Crippen LogP contribution in [0.2, 0.25) is 5.02 Å². The average molecular weight is 250 g/mol. The van der Waals surface area contributed by atoms with Crippen LogP contribution in [0, 0.1) is 5.82 Å². The molecule has 0 amide bonds. The summed E-state index contributed by atoms with van der Waals surface area (Å²) < 4.78 is 13.6. The molecule has 0 radical (unpaired) electrons. The monoisotopic (exact) mass is 249 g/mol. The summed E-state index contributed by atoms with van der Waals surface area (Å²) >= 11 is 6.12. The van der Waals surface area contributed by atoms with Crippen molar-refractivity contribution in [3.63, 3.8) is 0 Å². The summed E-state index contributed by atoms with van der Waals surface area (Å²) in [6.07, 6.45) is 0. The van der Waals surface area contributed by atoms with Crippen molar-refractivity contribution >= 4 is 11.6 Å². The minimum absolute atomic E-state index is 0.128. The van der Waals surface area contributed by atoms with Gasteiger partial charge in [-0.1, -0.05) is 41.9 Å². The van der Waals surface area contributed by atoms with Crippen LogP contribution in [0.5, 0.6) is 0 Å². The lowest BCUT2D eigenvalue weighted by atomic mass is 10.0. The van der Waals surface area contributed by atoms with Gasteiger partial charge in [0.25, 0.3) is 0 Å². The van der Waals surface area contributed by atoms with Gasteiger partial charge in [-0.05, 0) is 30.2 Å². The standard InChI is InChI=1S/C14H13ClFN/c1-9(17)11-7-6-10(8-13(11)15)12-4-2-3-5-14(12)16/h2-9H,17H2,1H3. The molecule has 2 aromatic carbocycles. The summed E-state index contributed by atoms with van der Waals surface area (Å²) in [4.78, 5) is 0. The number of nitrogens with two attached hydrogens (primary N) is 1. The molecule has 0 aliphatic carbocycles. The van der Waals surface area contributed by atoms with Crippen LogP contribution in [-0.4, -0.2) is 0 Å². The minimum Gasteiger partial charge on any atom is -0.324 e. The molecular weight excluding hydrogens is 237 g/mol. The number of rotatable bonds is 2. The van der Waals surface area contributed by atoms with Crippen LogP contribution in [0.15, 0.2) is 42.5 Å². The molecule has 1 nitrogen and oxygen atoms in total. The number of hydrogen-bond acceptors (Lipinski definition) is 1. The molecule has 1 unspecified atom stereocenters. The molecule has 0 bridgehead atoms. The van der Waals surface area contributed by atoms with E-state index in [9.17, 15) is 4.39 Å². The Morgan fingerprint density at radius 2 is 1.88 bits per heavy atom. The third-order valence-corrected chi connectivity index (χ3v) is 3.00. The lowest BCUT2D eigenvalue weighted by molar-refractivity contribution is 0.631. The van der Waals surface area contributed by atoms with Crippen molar-refractivity contribution in [2.75, 3.05) is 0 Å². The van der Waals surface area contributed by atoms with Gasteiger partial charge in [0.15, 0.2) is 0 Å². The fourth-order valence-electron chi connectivity index (χ4n) is 1.76. The van der Waals surface area contributed by atoms with Crippen molar-refractivity contribution in [1.82, 2.24) is 0 Å². The van der Waals surface area contributed by atoms with Gasteiger partial charge in [-0.3, -0.25) is 0 Å². The molecule has 0 saturated carbocycles. The second-order valence-corrected chi connectivity index (χ2v) is 4.41. The van der Waals surface area contributed by atoms with E-state index in [1.807, 2.05) is 19.1 Å². The van der Waals surface area contributed by atoms with Crippen molar-refractivity contribution < 1.29 is 4.39 Å². The van der Waals surface area contributed by atoms with E-state index >= 15 is 0 Å². The first-order valence-corrected chi connectivity index (χ1v) is 5.77. The molecule has 0 aliphatic rings. The highest BCUT2D eigenvalue weighted by atomic mass is 35.5. The number of hydrogen-bond donors (Lipinski definition) is 1. The zero-order valence-corrected chi connectivity index (χ0v) is 10.2. The third-order valence-electron chi connectivity index (χ3n) is 2.68. The van der Waals surface area contributed by atoms with Gasteiger partial charge in [0, 0.05) is 16.6 Å². The van der Waals surface area contributed by atoms with Gasteiger partial charge in [-0.25, -0.2) is 4.39 Å². The van der Waals surface area contributed by atoms with Crippen molar-refractivity contribution in [2.24, 2.45) is 5.73 Å². The van der Waals surface area contributed by atoms with Gasteiger partial charge in [-0.2, -0.15) is 0 Å². The molecule has 17 heavy (non-hydrogen) atoms. The molecule has 0 aromatic heterocycles. The second kappa shape index (κ2) is 4.86. The molecule has 0 saturated heterocycles. The lowest BCUT2D eigenvalue weighted by Crippen LogP contribution is -2.05. The van der Waals surface area contributed by atoms with Crippen molar-refractivity contribution in [1.29, 1.82) is 0 Å². The molecule has 2 rings (SSSR count). The minimum atomic E-state index is -0.253. The van der Waals surface area contributed by atoms with Gasteiger partial charge in [0.2, 0.25) is 0 Å². The topological polar surface area (TPSA) is 26.0 Å². The van der Waals surface area contributed by atoms with Crippen LogP contribution >= 0.6 is 11.6 Å². The predicted octanol–water partition coefficient (Wildman–Crippen LogP) is 4.17. The summed E-state index contributed by atoms with van der Waals surface area (Å²) in [5.41, 5.74) is 7.95. The summed E-state index contributed by atoms with van der Waals surface area (Å²) in [6.45, 7) is 1.87. The van der Waals surface area contributed by atoms with E-state index in [-0.39, 0.29) is 11.9 Å². The Hall–Kier alpha value is -1.38. The van der Waals surface area contributed by atoms with E-state index in [4.69, 9.17) is 17.3 Å². The largest absolute Gasteiger partial charge is 0.324 e. The van der Waals surface area contributed by atoms with Crippen LogP contribution < -0.4 is 5.73 Å². The molecule has 2 aromatic rings. The van der Waals surface area contributed by atoms with E-state index in [1.165, 1.54) is 6.07 Å². The Balaban J connectivity index is 2.49. The molecule has 88 valence electrons. The summed E-state index contributed by atoms with van der Waals surface area (Å²) in [5, 5.41) is 0.570. The Kier molecular flexibility index (Phi) is 3.46. The van der Waals surface area contributed by atoms with Crippen LogP contribution in [0.25, 0.3) is 11.1 Å². The van der Waals surface area contributed by atoms with Gasteiger partial charge >= 0.3 is 0 Å². The number of benzene rings is 2. The Morgan fingerprint density at radius 3 is 2.47 bits per heavy atom. The Morgan fingerprint density at radius 1 is 1.18 bits per heavy atom. The van der Waals surface area contributed by atoms with Crippen molar-refractivity contribution in [3.05, 3.63) is 58.9 Å². The van der Waals surface area contributed by atoms with E-state index in [2.05, 4.69) is 0 Å². The van der Waals surface area contributed by atoms with Crippen LogP contribution in [0.3, 0.4) is 0 Å². The fraction of sp³-hybridized carbons (Fsp3) is 0.143. The zero-order valence-electron chi connectivity index (χ0n) is 9.45. The second-order valence-electron chi connectivity index (χ2n) is 4.00. The van der Waals surface area contributed by atoms with Crippen molar-refractivity contribution in [3.8, 4) is 11.1 Å². The summed E-state index contributed by atoms with van der Waals surface area (Å²) in [5.74, 6) is -0.253. The van der Waals surface area contributed by atoms with E-state index in [1.54, 1.807) is 24.3 Å². The predicted molar refractivity (Wildman–Crippen MR) is 69.4 cm³/mol. The Bertz CT molecular complexity index is 537. The van der Waals surface area contributed by atoms with Crippen LogP contribution in [0.1, 0.15) is 18.5 Å². The normalized spacial score (nSPS) is 12.5. The molecule has 0 aliphatic heterocycles. The quantitative estimate of drug-likeness (QED) is 0.850. The van der Waals surface area contributed by atoms with E-state index in [0.29, 0.717) is 10.6 Å². The highest BCUT2D eigenvalue weighted by Crippen LogP contribution is 2.29. The first-order chi connectivity index (χ1) is 8.09. The maximum absolute atomic E-state index is 13.6. The van der Waals surface area contributed by atoms with E-state index < -0.39 is 0 Å². The molecule has 1 atom stereocenters. The van der Waals surface area contributed by atoms with Gasteiger partial charge in [0.05, 0.1) is 0 Å². The molecule has 0 spiro atoms. The van der Waals surface area contributed by atoms with Crippen LogP contribution in [0.4, 0.5) is 4.39 Å². The highest BCUT2D eigenvalue weighted by Gasteiger charge is 2.09. The summed E-state index contributed by atoms with van der Waals surface area (Å²) in [7, 11) is 0. The maximum Gasteiger partial charge on any atom is 0.131 e. The molecule has 2 N–H and O–H groups in total. The average Bonchev–Trinajstić information content (AvgIpc) is 2.29. The first-order valence-electron chi connectivity index (χ1n) is 5.39. The summed E-state index contributed by atoms with van der Waals surface area (Å²) in [6, 6.07) is 11.9. The maximum atomic E-state index is 13.6. The zero-order chi connectivity index (χ0) is 12.4. The Labute approximate surface area is 105 Å². The third kappa shape index (κ3) is 2.48. The fourth-order valence-corrected chi connectivity index (χ4v) is 2.11. The first kappa shape index (κ1) is 12.1. The van der Waals surface area contributed by atoms with Crippen molar-refractivity contribution in [2.45, 2.75) is 13.0 Å². The lowest BCUT2D eigenvalue weighted by Gasteiger charge is -2.10. The smallest absolute Gasteiger partial charge is 0.131 e. The van der Waals surface area contributed by atoms with Gasteiger partial charge < -0.3 is 5.73 Å². The number of halogens is 2. The SMILES string of the molecule is CC(N)c1ccc(-c2ccccc2F)cc1Cl. The molecule has 3 heteroatoms. The van der Waals surface area contributed by atoms with Gasteiger partial charge in [0.1, 0.15) is 5.82 Å². The molecule has 0 fully saturated rings. The van der Waals surface area contributed by atoms with Crippen LogP contribution in [-0.2, 0) is 0 Å². The highest BCUT2D eigenvalue weighted by molar-refractivity contribution is 6.31. The molecular formula is C14H13ClFN. The van der Waals surface area contributed by atoms with E-state index in [0.717, 1.165) is 11.1 Å². The molecule has 0 heterocycles. The van der Waals surface area contributed by atoms with Gasteiger partial charge in [-0.15, -0.1) is 0 Å².